The van der Waals surface area contributed by atoms with Gasteiger partial charge in [-0.05, 0) is 63.6 Å². The van der Waals surface area contributed by atoms with Crippen LogP contribution in [-0.4, -0.2) is 35.3 Å². The van der Waals surface area contributed by atoms with Crippen molar-refractivity contribution in [1.82, 2.24) is 20.4 Å². The summed E-state index contributed by atoms with van der Waals surface area (Å²) < 4.78 is 1.91. The van der Waals surface area contributed by atoms with Crippen LogP contribution in [0.2, 0.25) is 0 Å². The van der Waals surface area contributed by atoms with E-state index in [1.807, 2.05) is 18.7 Å². The molecule has 1 unspecified atom stereocenters. The standard InChI is InChI=1S/C16H26N4O.ClH/c1-11-13(12(2)20(3)19-11)4-7-18-15(21)14-10-16(14)5-8-17-9-6-16;/h14,17H,4-10H2,1-3H3,(H,18,21);1H. The van der Waals surface area contributed by atoms with Gasteiger partial charge in [-0.3, -0.25) is 9.48 Å². The summed E-state index contributed by atoms with van der Waals surface area (Å²) in [5.41, 5.74) is 3.87. The van der Waals surface area contributed by atoms with Crippen LogP contribution in [0, 0.1) is 25.2 Å². The Morgan fingerprint density at radius 3 is 2.68 bits per heavy atom. The number of rotatable bonds is 4. The quantitative estimate of drug-likeness (QED) is 0.881. The van der Waals surface area contributed by atoms with E-state index in [1.165, 1.54) is 11.3 Å². The number of nitrogens with zero attached hydrogens (tertiary/aromatic N) is 2. The van der Waals surface area contributed by atoms with Gasteiger partial charge >= 0.3 is 0 Å². The first-order valence-electron chi connectivity index (χ1n) is 8.01. The molecule has 0 bridgehead atoms. The van der Waals surface area contributed by atoms with E-state index in [-0.39, 0.29) is 24.2 Å². The minimum absolute atomic E-state index is 0. The SMILES string of the molecule is Cc1nn(C)c(C)c1CCNC(=O)C1CC12CCNCC2.Cl. The lowest BCUT2D eigenvalue weighted by molar-refractivity contribution is -0.123. The molecule has 3 rings (SSSR count). The van der Waals surface area contributed by atoms with E-state index >= 15 is 0 Å². The van der Waals surface area contributed by atoms with E-state index in [1.54, 1.807) is 0 Å². The second-order valence-electron chi connectivity index (χ2n) is 6.68. The first-order valence-corrected chi connectivity index (χ1v) is 8.01. The molecule has 2 N–H and O–H groups in total. The first kappa shape index (κ1) is 17.3. The number of hydrogen-bond donors (Lipinski definition) is 2. The molecule has 0 radical (unpaired) electrons. The average molecular weight is 327 g/mol. The maximum absolute atomic E-state index is 12.3. The molecule has 1 aliphatic heterocycles. The lowest BCUT2D eigenvalue weighted by atomic mass is 9.92. The number of carbonyl (C=O) groups is 1. The predicted octanol–water partition coefficient (Wildman–Crippen LogP) is 1.51. The van der Waals surface area contributed by atoms with Crippen LogP contribution in [0.4, 0.5) is 0 Å². The van der Waals surface area contributed by atoms with Gasteiger partial charge in [0.15, 0.2) is 0 Å². The molecule has 6 heteroatoms. The number of amides is 1. The van der Waals surface area contributed by atoms with Crippen LogP contribution in [0.5, 0.6) is 0 Å². The Morgan fingerprint density at radius 2 is 2.09 bits per heavy atom. The highest BCUT2D eigenvalue weighted by atomic mass is 35.5. The van der Waals surface area contributed by atoms with Gasteiger partial charge in [0, 0.05) is 25.2 Å². The van der Waals surface area contributed by atoms with Crippen molar-refractivity contribution in [2.24, 2.45) is 18.4 Å². The molecular formula is C16H27ClN4O. The zero-order chi connectivity index (χ0) is 15.0. The Kier molecular flexibility index (Phi) is 5.17. The highest BCUT2D eigenvalue weighted by molar-refractivity contribution is 5.85. The van der Waals surface area contributed by atoms with E-state index < -0.39 is 0 Å². The van der Waals surface area contributed by atoms with Crippen LogP contribution in [0.1, 0.15) is 36.2 Å². The molecule has 124 valence electrons. The lowest BCUT2D eigenvalue weighted by Gasteiger charge is -2.23. The van der Waals surface area contributed by atoms with E-state index in [2.05, 4.69) is 22.7 Å². The van der Waals surface area contributed by atoms with Gasteiger partial charge in [0.1, 0.15) is 0 Å². The molecule has 1 saturated heterocycles. The number of carbonyl (C=O) groups excluding carboxylic acids is 1. The summed E-state index contributed by atoms with van der Waals surface area (Å²) >= 11 is 0. The molecule has 2 fully saturated rings. The fourth-order valence-electron chi connectivity index (χ4n) is 3.81. The minimum Gasteiger partial charge on any atom is -0.356 e. The van der Waals surface area contributed by atoms with Gasteiger partial charge in [-0.25, -0.2) is 0 Å². The third kappa shape index (κ3) is 3.15. The van der Waals surface area contributed by atoms with Crippen molar-refractivity contribution < 1.29 is 4.79 Å². The molecule has 1 atom stereocenters. The van der Waals surface area contributed by atoms with Gasteiger partial charge in [-0.15, -0.1) is 12.4 Å². The van der Waals surface area contributed by atoms with Crippen LogP contribution in [0.15, 0.2) is 0 Å². The number of aryl methyl sites for hydroxylation is 2. The molecular weight excluding hydrogens is 300 g/mol. The Balaban J connectivity index is 0.00000176. The Bertz CT molecular complexity index is 549. The Hall–Kier alpha value is -1.07. The molecule has 1 amide bonds. The zero-order valence-electron chi connectivity index (χ0n) is 13.7. The van der Waals surface area contributed by atoms with Crippen molar-refractivity contribution in [3.05, 3.63) is 17.0 Å². The van der Waals surface area contributed by atoms with Gasteiger partial charge in [-0.2, -0.15) is 5.10 Å². The number of nitrogens with one attached hydrogen (secondary N) is 2. The molecule has 1 spiro atoms. The van der Waals surface area contributed by atoms with Gasteiger partial charge < -0.3 is 10.6 Å². The summed E-state index contributed by atoms with van der Waals surface area (Å²) in [6.45, 7) is 6.98. The molecule has 2 aliphatic rings. The number of hydrogen-bond acceptors (Lipinski definition) is 3. The number of halogens is 1. The highest BCUT2D eigenvalue weighted by Crippen LogP contribution is 2.58. The maximum Gasteiger partial charge on any atom is 0.223 e. The van der Waals surface area contributed by atoms with Gasteiger partial charge in [0.2, 0.25) is 5.91 Å². The van der Waals surface area contributed by atoms with Crippen LogP contribution in [0.25, 0.3) is 0 Å². The third-order valence-corrected chi connectivity index (χ3v) is 5.44. The summed E-state index contributed by atoms with van der Waals surface area (Å²) in [7, 11) is 1.97. The highest BCUT2D eigenvalue weighted by Gasteiger charge is 2.57. The summed E-state index contributed by atoms with van der Waals surface area (Å²) in [6.07, 6.45) is 4.28. The summed E-state index contributed by atoms with van der Waals surface area (Å²) in [6, 6.07) is 0. The summed E-state index contributed by atoms with van der Waals surface area (Å²) in [5, 5.41) is 10.9. The zero-order valence-corrected chi connectivity index (χ0v) is 14.6. The van der Waals surface area contributed by atoms with E-state index in [4.69, 9.17) is 0 Å². The van der Waals surface area contributed by atoms with Crippen molar-refractivity contribution in [2.75, 3.05) is 19.6 Å². The normalized spacial score (nSPS) is 22.2. The van der Waals surface area contributed by atoms with Crippen molar-refractivity contribution in [3.8, 4) is 0 Å². The fourth-order valence-corrected chi connectivity index (χ4v) is 3.81. The Labute approximate surface area is 138 Å². The van der Waals surface area contributed by atoms with E-state index in [0.717, 1.165) is 51.0 Å². The topological polar surface area (TPSA) is 59.0 Å². The Morgan fingerprint density at radius 1 is 1.41 bits per heavy atom. The molecule has 1 aromatic rings. The van der Waals surface area contributed by atoms with Crippen LogP contribution in [0.3, 0.4) is 0 Å². The molecule has 0 aromatic carbocycles. The van der Waals surface area contributed by atoms with Gasteiger partial charge in [0.25, 0.3) is 0 Å². The molecule has 1 saturated carbocycles. The summed E-state index contributed by atoms with van der Waals surface area (Å²) in [4.78, 5) is 12.3. The summed E-state index contributed by atoms with van der Waals surface area (Å²) in [5.74, 6) is 0.520. The predicted molar refractivity (Wildman–Crippen MR) is 89.3 cm³/mol. The van der Waals surface area contributed by atoms with Crippen molar-refractivity contribution in [2.45, 2.75) is 39.5 Å². The fraction of sp³-hybridized carbons (Fsp3) is 0.750. The second kappa shape index (κ2) is 6.59. The molecule has 5 nitrogen and oxygen atoms in total. The van der Waals surface area contributed by atoms with Gasteiger partial charge in [0.05, 0.1) is 5.69 Å². The average Bonchev–Trinajstić information content (AvgIpc) is 3.10. The van der Waals surface area contributed by atoms with E-state index in [9.17, 15) is 4.79 Å². The van der Waals surface area contributed by atoms with Crippen molar-refractivity contribution >= 4 is 18.3 Å². The number of piperidine rings is 1. The van der Waals surface area contributed by atoms with E-state index in [0.29, 0.717) is 5.41 Å². The van der Waals surface area contributed by atoms with Crippen LogP contribution >= 0.6 is 12.4 Å². The van der Waals surface area contributed by atoms with Crippen molar-refractivity contribution in [1.29, 1.82) is 0 Å². The smallest absolute Gasteiger partial charge is 0.223 e. The number of aromatic nitrogens is 2. The monoisotopic (exact) mass is 326 g/mol. The van der Waals surface area contributed by atoms with Crippen LogP contribution < -0.4 is 10.6 Å². The first-order chi connectivity index (χ1) is 10.0. The van der Waals surface area contributed by atoms with Crippen molar-refractivity contribution in [3.63, 3.8) is 0 Å². The lowest BCUT2D eigenvalue weighted by Crippen LogP contribution is -2.34. The molecule has 2 heterocycles. The molecule has 1 aromatic heterocycles. The minimum atomic E-state index is 0. The largest absolute Gasteiger partial charge is 0.356 e. The maximum atomic E-state index is 12.3. The van der Waals surface area contributed by atoms with Crippen LogP contribution in [-0.2, 0) is 18.3 Å². The third-order valence-electron chi connectivity index (χ3n) is 5.44. The molecule has 1 aliphatic carbocycles. The van der Waals surface area contributed by atoms with Gasteiger partial charge in [-0.1, -0.05) is 0 Å². The second-order valence-corrected chi connectivity index (χ2v) is 6.68. The molecule has 22 heavy (non-hydrogen) atoms.